The molecule has 0 saturated carbocycles. The van der Waals surface area contributed by atoms with Gasteiger partial charge in [-0.2, -0.15) is 0 Å². The second-order valence-corrected chi connectivity index (χ2v) is 5.65. The Labute approximate surface area is 141 Å². The van der Waals surface area contributed by atoms with Crippen molar-refractivity contribution in [3.05, 3.63) is 63.6 Å². The van der Waals surface area contributed by atoms with Crippen molar-refractivity contribution in [1.29, 1.82) is 0 Å². The number of nitrogens with one attached hydrogen (secondary N) is 1. The van der Waals surface area contributed by atoms with Gasteiger partial charge in [0.15, 0.2) is 11.4 Å². The number of hydrogen-bond acceptors (Lipinski definition) is 4. The lowest BCUT2D eigenvalue weighted by atomic mass is 10.1. The van der Waals surface area contributed by atoms with E-state index in [-0.39, 0.29) is 12.3 Å². The fourth-order valence-corrected chi connectivity index (χ4v) is 2.58. The van der Waals surface area contributed by atoms with E-state index in [1.807, 2.05) is 0 Å². The summed E-state index contributed by atoms with van der Waals surface area (Å²) >= 11 is 5.86. The Kier molecular flexibility index (Phi) is 4.22. The molecule has 0 fully saturated rings. The molecule has 0 aliphatic rings. The molecule has 1 heterocycles. The van der Waals surface area contributed by atoms with Crippen LogP contribution in [0.3, 0.4) is 0 Å². The molecule has 1 amide bonds. The molecule has 122 valence electrons. The first-order valence-electron chi connectivity index (χ1n) is 7.14. The van der Waals surface area contributed by atoms with Crippen LogP contribution in [0, 0.1) is 0 Å². The highest BCUT2D eigenvalue weighted by Gasteiger charge is 2.15. The molecule has 0 saturated heterocycles. The summed E-state index contributed by atoms with van der Waals surface area (Å²) in [4.78, 5) is 35.8. The van der Waals surface area contributed by atoms with Crippen LogP contribution in [0.1, 0.15) is 17.3 Å². The SMILES string of the molecule is CC(=O)c1ccccc1NC(=O)Cn1c(=O)oc2cc(Cl)ccc21. The Hall–Kier alpha value is -2.86. The zero-order valence-corrected chi connectivity index (χ0v) is 13.5. The van der Waals surface area contributed by atoms with Gasteiger partial charge in [0.1, 0.15) is 6.54 Å². The summed E-state index contributed by atoms with van der Waals surface area (Å²) in [7, 11) is 0. The molecule has 3 rings (SSSR count). The Bertz CT molecular complexity index is 1000. The molecule has 6 nitrogen and oxygen atoms in total. The molecule has 1 aromatic heterocycles. The van der Waals surface area contributed by atoms with E-state index in [2.05, 4.69) is 5.32 Å². The van der Waals surface area contributed by atoms with Crippen molar-refractivity contribution >= 4 is 40.1 Å². The summed E-state index contributed by atoms with van der Waals surface area (Å²) in [6.07, 6.45) is 0. The lowest BCUT2D eigenvalue weighted by molar-refractivity contribution is -0.116. The van der Waals surface area contributed by atoms with Crippen molar-refractivity contribution in [2.75, 3.05) is 5.32 Å². The topological polar surface area (TPSA) is 81.3 Å². The second kappa shape index (κ2) is 6.33. The molecule has 7 heteroatoms. The van der Waals surface area contributed by atoms with Gasteiger partial charge < -0.3 is 9.73 Å². The number of carbonyl (C=O) groups excluding carboxylic acids is 2. The van der Waals surface area contributed by atoms with Crippen molar-refractivity contribution in [2.45, 2.75) is 13.5 Å². The third-order valence-electron chi connectivity index (χ3n) is 3.51. The number of hydrogen-bond donors (Lipinski definition) is 1. The second-order valence-electron chi connectivity index (χ2n) is 5.22. The number of aromatic nitrogens is 1. The van der Waals surface area contributed by atoms with E-state index in [1.54, 1.807) is 36.4 Å². The molecular weight excluding hydrogens is 332 g/mol. The molecule has 0 aliphatic carbocycles. The first kappa shape index (κ1) is 16.0. The number of carbonyl (C=O) groups is 2. The van der Waals surface area contributed by atoms with Crippen molar-refractivity contribution in [2.24, 2.45) is 0 Å². The quantitative estimate of drug-likeness (QED) is 0.737. The van der Waals surface area contributed by atoms with E-state index >= 15 is 0 Å². The van der Waals surface area contributed by atoms with Gasteiger partial charge in [0.2, 0.25) is 5.91 Å². The molecular formula is C17H13ClN2O4. The van der Waals surface area contributed by atoms with E-state index < -0.39 is 11.7 Å². The molecule has 0 aliphatic heterocycles. The fraction of sp³-hybridized carbons (Fsp3) is 0.118. The van der Waals surface area contributed by atoms with E-state index in [0.29, 0.717) is 27.4 Å². The van der Waals surface area contributed by atoms with Crippen molar-refractivity contribution < 1.29 is 14.0 Å². The number of halogens is 1. The normalized spacial score (nSPS) is 10.8. The van der Waals surface area contributed by atoms with Gasteiger partial charge in [-0.25, -0.2) is 4.79 Å². The lowest BCUT2D eigenvalue weighted by Crippen LogP contribution is -2.25. The molecule has 2 aromatic carbocycles. The van der Waals surface area contributed by atoms with Crippen LogP contribution in [0.5, 0.6) is 0 Å². The number of benzene rings is 2. The number of nitrogens with zero attached hydrogens (tertiary/aromatic N) is 1. The maximum Gasteiger partial charge on any atom is 0.420 e. The van der Waals surface area contributed by atoms with Gasteiger partial charge in [0, 0.05) is 16.7 Å². The smallest absolute Gasteiger partial charge is 0.408 e. The van der Waals surface area contributed by atoms with Crippen LogP contribution in [-0.2, 0) is 11.3 Å². The Balaban J connectivity index is 1.88. The number of para-hydroxylation sites is 1. The first-order valence-corrected chi connectivity index (χ1v) is 7.52. The lowest BCUT2D eigenvalue weighted by Gasteiger charge is -2.09. The van der Waals surface area contributed by atoms with Crippen molar-refractivity contribution in [3.8, 4) is 0 Å². The third kappa shape index (κ3) is 3.09. The van der Waals surface area contributed by atoms with Crippen molar-refractivity contribution in [1.82, 2.24) is 4.57 Å². The minimum atomic E-state index is -0.651. The van der Waals surface area contributed by atoms with Crippen molar-refractivity contribution in [3.63, 3.8) is 0 Å². The summed E-state index contributed by atoms with van der Waals surface area (Å²) < 4.78 is 6.29. The molecule has 0 radical (unpaired) electrons. The Morgan fingerprint density at radius 2 is 1.96 bits per heavy atom. The fourth-order valence-electron chi connectivity index (χ4n) is 2.42. The number of amides is 1. The number of rotatable bonds is 4. The van der Waals surface area contributed by atoms with Gasteiger partial charge in [-0.1, -0.05) is 23.7 Å². The highest BCUT2D eigenvalue weighted by atomic mass is 35.5. The summed E-state index contributed by atoms with van der Waals surface area (Å²) in [5, 5.41) is 3.08. The summed E-state index contributed by atoms with van der Waals surface area (Å²) in [5.41, 5.74) is 1.59. The van der Waals surface area contributed by atoms with Crippen LogP contribution in [0.25, 0.3) is 11.1 Å². The van der Waals surface area contributed by atoms with E-state index in [1.165, 1.54) is 17.6 Å². The van der Waals surface area contributed by atoms with Gasteiger partial charge in [-0.15, -0.1) is 0 Å². The third-order valence-corrected chi connectivity index (χ3v) is 3.75. The van der Waals surface area contributed by atoms with Gasteiger partial charge in [-0.3, -0.25) is 14.2 Å². The number of oxazole rings is 1. The van der Waals surface area contributed by atoms with Gasteiger partial charge in [0.25, 0.3) is 0 Å². The number of anilines is 1. The van der Waals surface area contributed by atoms with E-state index in [4.69, 9.17) is 16.0 Å². The molecule has 3 aromatic rings. The summed E-state index contributed by atoms with van der Waals surface area (Å²) in [6, 6.07) is 11.4. The largest absolute Gasteiger partial charge is 0.420 e. The molecule has 0 bridgehead atoms. The molecule has 0 atom stereocenters. The predicted octanol–water partition coefficient (Wildman–Crippen LogP) is 3.09. The van der Waals surface area contributed by atoms with Crippen LogP contribution in [0.2, 0.25) is 5.02 Å². The van der Waals surface area contributed by atoms with E-state index in [9.17, 15) is 14.4 Å². The number of fused-ring (bicyclic) bond motifs is 1. The van der Waals surface area contributed by atoms with Gasteiger partial charge >= 0.3 is 5.76 Å². The zero-order chi connectivity index (χ0) is 17.3. The predicted molar refractivity (Wildman–Crippen MR) is 90.6 cm³/mol. The van der Waals surface area contributed by atoms with E-state index in [0.717, 1.165) is 0 Å². The average molecular weight is 345 g/mol. The maximum atomic E-state index is 12.3. The molecule has 1 N–H and O–H groups in total. The number of Topliss-reactive ketones (excluding diaryl/α,β-unsaturated/α-hetero) is 1. The first-order chi connectivity index (χ1) is 11.5. The summed E-state index contributed by atoms with van der Waals surface area (Å²) in [6.45, 7) is 1.18. The van der Waals surface area contributed by atoms with Crippen LogP contribution >= 0.6 is 11.6 Å². The molecule has 24 heavy (non-hydrogen) atoms. The van der Waals surface area contributed by atoms with Gasteiger partial charge in [-0.05, 0) is 31.2 Å². The monoisotopic (exact) mass is 344 g/mol. The van der Waals surface area contributed by atoms with Crippen LogP contribution in [-0.4, -0.2) is 16.3 Å². The van der Waals surface area contributed by atoms with Gasteiger partial charge in [0.05, 0.1) is 11.2 Å². The highest BCUT2D eigenvalue weighted by molar-refractivity contribution is 6.31. The average Bonchev–Trinajstić information content (AvgIpc) is 2.82. The maximum absolute atomic E-state index is 12.3. The van der Waals surface area contributed by atoms with Crippen LogP contribution in [0.15, 0.2) is 51.7 Å². The summed E-state index contributed by atoms with van der Waals surface area (Å²) in [5.74, 6) is -1.25. The minimum Gasteiger partial charge on any atom is -0.408 e. The van der Waals surface area contributed by atoms with Crippen LogP contribution < -0.4 is 11.1 Å². The van der Waals surface area contributed by atoms with Crippen LogP contribution in [0.4, 0.5) is 5.69 Å². The zero-order valence-electron chi connectivity index (χ0n) is 12.7. The Morgan fingerprint density at radius 3 is 2.71 bits per heavy atom. The standard InChI is InChI=1S/C17H13ClN2O4/c1-10(21)12-4-2-3-5-13(12)19-16(22)9-20-14-7-6-11(18)8-15(14)24-17(20)23/h2-8H,9H2,1H3,(H,19,22). The molecule has 0 spiro atoms. The minimum absolute atomic E-state index is 0.161. The number of ketones is 1. The highest BCUT2D eigenvalue weighted by Crippen LogP contribution is 2.19. The molecule has 0 unspecified atom stereocenters. The Morgan fingerprint density at radius 1 is 1.21 bits per heavy atom.